The van der Waals surface area contributed by atoms with Gasteiger partial charge in [0.1, 0.15) is 0 Å². The number of amides is 2. The second kappa shape index (κ2) is 9.99. The SMILES string of the molecule is NC(=O)[C@H](Cc1c[nH]c2ccccc12)N(CCO)C1CCc2cc(/C=C/C(=O)NO)ccc21. The van der Waals surface area contributed by atoms with Crippen molar-refractivity contribution in [1.82, 2.24) is 15.4 Å². The summed E-state index contributed by atoms with van der Waals surface area (Å²) in [5.74, 6) is -1.01. The number of aliphatic hydroxyl groups excluding tert-OH is 1. The number of rotatable bonds is 9. The highest BCUT2D eigenvalue weighted by Gasteiger charge is 2.35. The molecule has 172 valence electrons. The summed E-state index contributed by atoms with van der Waals surface area (Å²) in [6.07, 6.45) is 6.87. The van der Waals surface area contributed by atoms with Gasteiger partial charge < -0.3 is 15.8 Å². The van der Waals surface area contributed by atoms with Crippen LogP contribution in [-0.2, 0) is 22.4 Å². The molecule has 0 aliphatic heterocycles. The maximum atomic E-state index is 12.6. The van der Waals surface area contributed by atoms with E-state index < -0.39 is 17.9 Å². The molecule has 2 amide bonds. The maximum Gasteiger partial charge on any atom is 0.267 e. The molecular weight excluding hydrogens is 420 g/mol. The number of nitrogens with two attached hydrogens (primary N) is 1. The zero-order valence-corrected chi connectivity index (χ0v) is 18.2. The van der Waals surface area contributed by atoms with Gasteiger partial charge in [0.05, 0.1) is 12.6 Å². The van der Waals surface area contributed by atoms with Crippen LogP contribution in [0.15, 0.2) is 54.7 Å². The number of hydroxylamine groups is 1. The lowest BCUT2D eigenvalue weighted by Gasteiger charge is -2.35. The van der Waals surface area contributed by atoms with Crippen LogP contribution in [0.3, 0.4) is 0 Å². The molecule has 2 aromatic carbocycles. The Morgan fingerprint density at radius 3 is 2.85 bits per heavy atom. The number of H-pyrrole nitrogens is 1. The molecule has 4 rings (SSSR count). The number of fused-ring (bicyclic) bond motifs is 2. The average molecular weight is 449 g/mol. The summed E-state index contributed by atoms with van der Waals surface area (Å²) < 4.78 is 0. The zero-order chi connectivity index (χ0) is 23.4. The number of aryl methyl sites for hydroxylation is 1. The molecule has 1 unspecified atom stereocenters. The lowest BCUT2D eigenvalue weighted by molar-refractivity contribution is -0.125. The number of carbonyl (C=O) groups excluding carboxylic acids is 2. The van der Waals surface area contributed by atoms with Crippen molar-refractivity contribution in [2.45, 2.75) is 31.3 Å². The number of hydrogen-bond donors (Lipinski definition) is 5. The van der Waals surface area contributed by atoms with Gasteiger partial charge in [-0.1, -0.05) is 36.4 Å². The number of aliphatic hydroxyl groups is 1. The van der Waals surface area contributed by atoms with Gasteiger partial charge in [0.15, 0.2) is 0 Å². The van der Waals surface area contributed by atoms with Crippen molar-refractivity contribution >= 4 is 28.8 Å². The van der Waals surface area contributed by atoms with E-state index in [2.05, 4.69) is 4.98 Å². The second-order valence-electron chi connectivity index (χ2n) is 8.27. The summed E-state index contributed by atoms with van der Waals surface area (Å²) in [6.45, 7) is 0.249. The lowest BCUT2D eigenvalue weighted by Crippen LogP contribution is -2.48. The molecule has 0 saturated heterocycles. The van der Waals surface area contributed by atoms with Crippen molar-refractivity contribution in [3.63, 3.8) is 0 Å². The van der Waals surface area contributed by atoms with Crippen LogP contribution in [-0.4, -0.2) is 51.2 Å². The second-order valence-corrected chi connectivity index (χ2v) is 8.27. The van der Waals surface area contributed by atoms with E-state index in [0.29, 0.717) is 13.0 Å². The number of benzene rings is 2. The average Bonchev–Trinajstić information content (AvgIpc) is 3.43. The molecule has 1 aliphatic rings. The fourth-order valence-corrected chi connectivity index (χ4v) is 4.81. The molecule has 1 heterocycles. The largest absolute Gasteiger partial charge is 0.395 e. The Hall–Kier alpha value is -3.46. The van der Waals surface area contributed by atoms with E-state index in [0.717, 1.165) is 46.0 Å². The molecule has 0 bridgehead atoms. The number of aromatic amines is 1. The Bertz CT molecular complexity index is 1190. The smallest absolute Gasteiger partial charge is 0.267 e. The van der Waals surface area contributed by atoms with Gasteiger partial charge in [-0.15, -0.1) is 0 Å². The van der Waals surface area contributed by atoms with E-state index in [-0.39, 0.29) is 12.6 Å². The maximum absolute atomic E-state index is 12.6. The molecule has 8 nitrogen and oxygen atoms in total. The minimum atomic E-state index is -0.593. The minimum absolute atomic E-state index is 0.0476. The molecular formula is C25H28N4O4. The predicted molar refractivity (Wildman–Crippen MR) is 125 cm³/mol. The van der Waals surface area contributed by atoms with Crippen LogP contribution in [0, 0.1) is 0 Å². The van der Waals surface area contributed by atoms with Crippen LogP contribution >= 0.6 is 0 Å². The first-order valence-electron chi connectivity index (χ1n) is 11.0. The van der Waals surface area contributed by atoms with Crippen LogP contribution in [0.5, 0.6) is 0 Å². The van der Waals surface area contributed by atoms with Crippen molar-refractivity contribution in [2.24, 2.45) is 5.73 Å². The fourth-order valence-electron chi connectivity index (χ4n) is 4.81. The van der Waals surface area contributed by atoms with Crippen LogP contribution in [0.4, 0.5) is 0 Å². The van der Waals surface area contributed by atoms with Crippen LogP contribution in [0.2, 0.25) is 0 Å². The number of nitrogens with one attached hydrogen (secondary N) is 2. The molecule has 33 heavy (non-hydrogen) atoms. The lowest BCUT2D eigenvalue weighted by atomic mass is 9.98. The quantitative estimate of drug-likeness (QED) is 0.194. The third kappa shape index (κ3) is 4.83. The standard InChI is InChI=1S/C25H28N4O4/c26-25(32)23(14-18-15-27-21-4-2-1-3-19(18)21)29(11-12-30)22-9-7-17-13-16(5-8-20(17)22)6-10-24(31)28-33/h1-6,8,10,13,15,22-23,27,30,33H,7,9,11-12,14H2,(H2,26,32)(H,28,31)/b10-6+/t22?,23-/m0/s1. The third-order valence-corrected chi connectivity index (χ3v) is 6.33. The first kappa shape index (κ1) is 22.7. The molecule has 0 saturated carbocycles. The van der Waals surface area contributed by atoms with Crippen molar-refractivity contribution in [1.29, 1.82) is 0 Å². The van der Waals surface area contributed by atoms with Crippen LogP contribution in [0.1, 0.15) is 34.7 Å². The Morgan fingerprint density at radius 1 is 1.27 bits per heavy atom. The summed E-state index contributed by atoms with van der Waals surface area (Å²) >= 11 is 0. The highest BCUT2D eigenvalue weighted by molar-refractivity contribution is 5.90. The highest BCUT2D eigenvalue weighted by Crippen LogP contribution is 2.38. The molecule has 2 atom stereocenters. The Balaban J connectivity index is 1.62. The summed E-state index contributed by atoms with van der Waals surface area (Å²) in [7, 11) is 0. The Morgan fingerprint density at radius 2 is 2.09 bits per heavy atom. The van der Waals surface area contributed by atoms with Gasteiger partial charge in [0.25, 0.3) is 5.91 Å². The minimum Gasteiger partial charge on any atom is -0.395 e. The molecule has 0 radical (unpaired) electrons. The van der Waals surface area contributed by atoms with Crippen LogP contribution in [0.25, 0.3) is 17.0 Å². The van der Waals surface area contributed by atoms with E-state index in [1.165, 1.54) is 6.08 Å². The number of hydrogen-bond acceptors (Lipinski definition) is 5. The first-order valence-corrected chi connectivity index (χ1v) is 11.0. The predicted octanol–water partition coefficient (Wildman–Crippen LogP) is 2.06. The van der Waals surface area contributed by atoms with Gasteiger partial charge in [-0.3, -0.25) is 19.7 Å². The molecule has 8 heteroatoms. The summed E-state index contributed by atoms with van der Waals surface area (Å²) in [4.78, 5) is 29.1. The molecule has 6 N–H and O–H groups in total. The normalized spacial score (nSPS) is 16.4. The van der Waals surface area contributed by atoms with Gasteiger partial charge >= 0.3 is 0 Å². The summed E-state index contributed by atoms with van der Waals surface area (Å²) in [6, 6.07) is 13.2. The van der Waals surface area contributed by atoms with E-state index in [1.807, 2.05) is 53.6 Å². The van der Waals surface area contributed by atoms with Gasteiger partial charge in [-0.25, -0.2) is 5.48 Å². The summed E-state index contributed by atoms with van der Waals surface area (Å²) in [5.41, 5.74) is 12.5. The van der Waals surface area contributed by atoms with Crippen LogP contribution < -0.4 is 11.2 Å². The molecule has 1 aliphatic carbocycles. The number of primary amides is 1. The third-order valence-electron chi connectivity index (χ3n) is 6.33. The van der Waals surface area contributed by atoms with Gasteiger partial charge in [-0.05, 0) is 53.7 Å². The Kier molecular flexibility index (Phi) is 6.88. The van der Waals surface area contributed by atoms with Gasteiger partial charge in [0.2, 0.25) is 5.91 Å². The van der Waals surface area contributed by atoms with E-state index in [4.69, 9.17) is 10.9 Å². The van der Waals surface area contributed by atoms with Crippen molar-refractivity contribution < 1.29 is 19.9 Å². The molecule has 0 spiro atoms. The van der Waals surface area contributed by atoms with Crippen molar-refractivity contribution in [3.05, 3.63) is 77.0 Å². The number of carbonyl (C=O) groups is 2. The van der Waals surface area contributed by atoms with Gasteiger partial charge in [-0.2, -0.15) is 0 Å². The fraction of sp³-hybridized carbons (Fsp3) is 0.280. The van der Waals surface area contributed by atoms with E-state index in [1.54, 1.807) is 11.6 Å². The molecule has 1 aromatic heterocycles. The topological polar surface area (TPSA) is 132 Å². The summed E-state index contributed by atoms with van der Waals surface area (Å²) in [5, 5.41) is 19.5. The zero-order valence-electron chi connectivity index (χ0n) is 18.2. The highest BCUT2D eigenvalue weighted by atomic mass is 16.5. The number of aromatic nitrogens is 1. The Labute approximate surface area is 191 Å². The van der Waals surface area contributed by atoms with Gasteiger partial charge in [0, 0.05) is 35.8 Å². The van der Waals surface area contributed by atoms with E-state index >= 15 is 0 Å². The number of para-hydroxylation sites is 1. The monoisotopic (exact) mass is 448 g/mol. The van der Waals surface area contributed by atoms with Crippen molar-refractivity contribution in [3.8, 4) is 0 Å². The van der Waals surface area contributed by atoms with E-state index in [9.17, 15) is 14.7 Å². The van der Waals surface area contributed by atoms with Crippen molar-refractivity contribution in [2.75, 3.05) is 13.2 Å². The molecule has 3 aromatic rings. The number of nitrogens with zero attached hydrogens (tertiary/aromatic N) is 1. The first-order chi connectivity index (χ1) is 16.0. The molecule has 0 fully saturated rings.